The van der Waals surface area contributed by atoms with E-state index in [0.717, 1.165) is 44.3 Å². The highest BCUT2D eigenvalue weighted by atomic mass is 16.3. The maximum Gasteiger partial charge on any atom is 0.122 e. The Morgan fingerprint density at radius 3 is 3.00 bits per heavy atom. The quantitative estimate of drug-likeness (QED) is 0.882. The molecular weight excluding hydrogens is 226 g/mol. The average Bonchev–Trinajstić information content (AvgIpc) is 2.98. The van der Waals surface area contributed by atoms with Gasteiger partial charge in [0, 0.05) is 32.0 Å². The molecule has 1 unspecified atom stereocenters. The summed E-state index contributed by atoms with van der Waals surface area (Å²) in [6.45, 7) is 3.73. The lowest BCUT2D eigenvalue weighted by atomic mass is 10.00. The average molecular weight is 249 g/mol. The second-order valence-electron chi connectivity index (χ2n) is 5.81. The third-order valence-electron chi connectivity index (χ3n) is 4.37. The smallest absolute Gasteiger partial charge is 0.122 e. The molecule has 0 bridgehead atoms. The fraction of sp³-hybridized carbons (Fsp3) is 0.786. The lowest BCUT2D eigenvalue weighted by Crippen LogP contribution is -2.39. The molecule has 0 aromatic carbocycles. The maximum absolute atomic E-state index is 10.2. The summed E-state index contributed by atoms with van der Waals surface area (Å²) in [5.41, 5.74) is 0. The van der Waals surface area contributed by atoms with Crippen molar-refractivity contribution in [2.45, 2.75) is 51.3 Å². The Balaban J connectivity index is 1.48. The molecule has 3 rings (SSSR count). The summed E-state index contributed by atoms with van der Waals surface area (Å²) < 4.78 is 2.21. The van der Waals surface area contributed by atoms with E-state index in [1.807, 2.05) is 12.4 Å². The summed E-state index contributed by atoms with van der Waals surface area (Å²) in [6, 6.07) is 0. The third-order valence-corrected chi connectivity index (χ3v) is 4.37. The molecule has 1 aliphatic carbocycles. The second-order valence-corrected chi connectivity index (χ2v) is 5.81. The molecule has 1 fully saturated rings. The van der Waals surface area contributed by atoms with E-state index in [1.54, 1.807) is 0 Å². The number of aliphatic hydroxyl groups is 1. The van der Waals surface area contributed by atoms with Crippen molar-refractivity contribution in [3.05, 3.63) is 18.2 Å². The minimum atomic E-state index is -0.158. The van der Waals surface area contributed by atoms with Crippen molar-refractivity contribution in [2.24, 2.45) is 5.92 Å². The van der Waals surface area contributed by atoms with Gasteiger partial charge in [-0.2, -0.15) is 0 Å². The van der Waals surface area contributed by atoms with Crippen LogP contribution in [0, 0.1) is 5.92 Å². The Hall–Kier alpha value is -0.870. The Labute approximate surface area is 109 Å². The molecule has 2 heterocycles. The monoisotopic (exact) mass is 249 g/mol. The Morgan fingerprint density at radius 2 is 2.17 bits per heavy atom. The first kappa shape index (κ1) is 12.2. The number of imidazole rings is 1. The Kier molecular flexibility index (Phi) is 3.66. The van der Waals surface area contributed by atoms with Crippen molar-refractivity contribution < 1.29 is 5.11 Å². The number of hydrogen-bond acceptors (Lipinski definition) is 3. The molecule has 2 aliphatic rings. The van der Waals surface area contributed by atoms with Crippen molar-refractivity contribution in [1.82, 2.24) is 14.5 Å². The molecule has 0 saturated heterocycles. The molecule has 1 aromatic heterocycles. The highest BCUT2D eigenvalue weighted by Gasteiger charge is 2.22. The van der Waals surface area contributed by atoms with Gasteiger partial charge in [0.1, 0.15) is 5.82 Å². The number of β-amino-alcohol motifs (C(OH)–C–C–N with tert-alkyl or cyclic N) is 1. The zero-order valence-electron chi connectivity index (χ0n) is 11.0. The molecule has 1 saturated carbocycles. The highest BCUT2D eigenvalue weighted by Crippen LogP contribution is 2.28. The Bertz CT molecular complexity index is 384. The molecule has 1 aliphatic heterocycles. The molecule has 4 nitrogen and oxygen atoms in total. The largest absolute Gasteiger partial charge is 0.392 e. The highest BCUT2D eigenvalue weighted by molar-refractivity contribution is 4.95. The molecule has 1 aromatic rings. The number of hydrogen-bond donors (Lipinski definition) is 1. The van der Waals surface area contributed by atoms with Crippen LogP contribution in [0.5, 0.6) is 0 Å². The van der Waals surface area contributed by atoms with Crippen LogP contribution in [0.15, 0.2) is 12.4 Å². The van der Waals surface area contributed by atoms with E-state index in [4.69, 9.17) is 0 Å². The van der Waals surface area contributed by atoms with Crippen LogP contribution in [-0.2, 0) is 13.1 Å². The summed E-state index contributed by atoms with van der Waals surface area (Å²) in [4.78, 5) is 6.69. The molecule has 100 valence electrons. The van der Waals surface area contributed by atoms with Crippen molar-refractivity contribution in [3.8, 4) is 0 Å². The van der Waals surface area contributed by atoms with Crippen LogP contribution in [0.25, 0.3) is 0 Å². The first-order valence-corrected chi connectivity index (χ1v) is 7.21. The first-order chi connectivity index (χ1) is 8.81. The fourth-order valence-corrected chi connectivity index (χ4v) is 3.38. The summed E-state index contributed by atoms with van der Waals surface area (Å²) in [5, 5.41) is 10.2. The van der Waals surface area contributed by atoms with Crippen LogP contribution in [-0.4, -0.2) is 38.8 Å². The van der Waals surface area contributed by atoms with E-state index < -0.39 is 0 Å². The van der Waals surface area contributed by atoms with Crippen molar-refractivity contribution in [3.63, 3.8) is 0 Å². The van der Waals surface area contributed by atoms with Crippen LogP contribution >= 0.6 is 0 Å². The van der Waals surface area contributed by atoms with Gasteiger partial charge in [-0.15, -0.1) is 0 Å². The van der Waals surface area contributed by atoms with Gasteiger partial charge in [0.15, 0.2) is 0 Å². The number of aliphatic hydroxyl groups excluding tert-OH is 1. The topological polar surface area (TPSA) is 41.3 Å². The number of nitrogens with zero attached hydrogens (tertiary/aromatic N) is 3. The van der Waals surface area contributed by atoms with Gasteiger partial charge in [0.05, 0.1) is 12.6 Å². The van der Waals surface area contributed by atoms with Crippen LogP contribution in [0.3, 0.4) is 0 Å². The first-order valence-electron chi connectivity index (χ1n) is 7.21. The third kappa shape index (κ3) is 2.75. The van der Waals surface area contributed by atoms with Gasteiger partial charge in [-0.1, -0.05) is 25.7 Å². The number of aromatic nitrogens is 2. The summed E-state index contributed by atoms with van der Waals surface area (Å²) in [5.74, 6) is 1.90. The molecule has 1 N–H and O–H groups in total. The van der Waals surface area contributed by atoms with Gasteiger partial charge in [-0.3, -0.25) is 4.90 Å². The zero-order chi connectivity index (χ0) is 12.4. The van der Waals surface area contributed by atoms with E-state index in [0.29, 0.717) is 0 Å². The van der Waals surface area contributed by atoms with Gasteiger partial charge < -0.3 is 9.67 Å². The summed E-state index contributed by atoms with van der Waals surface area (Å²) in [7, 11) is 0. The number of rotatable bonds is 4. The predicted molar refractivity (Wildman–Crippen MR) is 70.1 cm³/mol. The van der Waals surface area contributed by atoms with Gasteiger partial charge >= 0.3 is 0 Å². The van der Waals surface area contributed by atoms with Gasteiger partial charge in [-0.25, -0.2) is 4.98 Å². The maximum atomic E-state index is 10.2. The fourth-order valence-electron chi connectivity index (χ4n) is 3.38. The van der Waals surface area contributed by atoms with Crippen molar-refractivity contribution in [2.75, 3.05) is 13.1 Å². The molecule has 18 heavy (non-hydrogen) atoms. The van der Waals surface area contributed by atoms with Gasteiger partial charge in [0.25, 0.3) is 0 Å². The molecule has 4 heteroatoms. The minimum Gasteiger partial charge on any atom is -0.392 e. The van der Waals surface area contributed by atoms with Crippen LogP contribution in [0.4, 0.5) is 0 Å². The van der Waals surface area contributed by atoms with Gasteiger partial charge in [0.2, 0.25) is 0 Å². The SMILES string of the molecule is OC(CC1CCCC1)CN1CCn2ccnc2C1. The van der Waals surface area contributed by atoms with E-state index in [9.17, 15) is 5.11 Å². The molecular formula is C14H23N3O. The van der Waals surface area contributed by atoms with E-state index in [1.165, 1.54) is 25.7 Å². The van der Waals surface area contributed by atoms with Crippen LogP contribution in [0.2, 0.25) is 0 Å². The summed E-state index contributed by atoms with van der Waals surface area (Å²) >= 11 is 0. The van der Waals surface area contributed by atoms with Crippen LogP contribution < -0.4 is 0 Å². The van der Waals surface area contributed by atoms with E-state index >= 15 is 0 Å². The molecule has 0 amide bonds. The van der Waals surface area contributed by atoms with E-state index in [-0.39, 0.29) is 6.10 Å². The standard InChI is InChI=1S/C14H23N3O/c18-13(9-12-3-1-2-4-12)10-16-7-8-17-6-5-15-14(17)11-16/h5-6,12-13,18H,1-4,7-11H2. The van der Waals surface area contributed by atoms with Crippen molar-refractivity contribution >= 4 is 0 Å². The Morgan fingerprint density at radius 1 is 1.33 bits per heavy atom. The number of fused-ring (bicyclic) bond motifs is 1. The minimum absolute atomic E-state index is 0.158. The van der Waals surface area contributed by atoms with Crippen molar-refractivity contribution in [1.29, 1.82) is 0 Å². The zero-order valence-corrected chi connectivity index (χ0v) is 11.0. The van der Waals surface area contributed by atoms with E-state index in [2.05, 4.69) is 14.5 Å². The lowest BCUT2D eigenvalue weighted by Gasteiger charge is -2.29. The summed E-state index contributed by atoms with van der Waals surface area (Å²) in [6.07, 6.45) is 10.1. The lowest BCUT2D eigenvalue weighted by molar-refractivity contribution is 0.0780. The van der Waals surface area contributed by atoms with Crippen LogP contribution in [0.1, 0.15) is 37.9 Å². The molecule has 0 radical (unpaired) electrons. The predicted octanol–water partition coefficient (Wildman–Crippen LogP) is 1.64. The second kappa shape index (κ2) is 5.41. The van der Waals surface area contributed by atoms with Gasteiger partial charge in [-0.05, 0) is 12.3 Å². The normalized spacial score (nSPS) is 23.2. The molecule has 0 spiro atoms. The molecule has 1 atom stereocenters.